The highest BCUT2D eigenvalue weighted by atomic mass is 19.2. The van der Waals surface area contributed by atoms with Crippen LogP contribution >= 0.6 is 0 Å². The van der Waals surface area contributed by atoms with E-state index in [1.54, 1.807) is 4.57 Å². The highest BCUT2D eigenvalue weighted by Gasteiger charge is 2.39. The van der Waals surface area contributed by atoms with Crippen LogP contribution in [0.5, 0.6) is 5.75 Å². The van der Waals surface area contributed by atoms with Gasteiger partial charge >= 0.3 is 0 Å². The molecule has 6 heteroatoms. The van der Waals surface area contributed by atoms with Crippen molar-refractivity contribution in [2.75, 3.05) is 6.61 Å². The predicted octanol–water partition coefficient (Wildman–Crippen LogP) is 3.14. The first-order valence-corrected chi connectivity index (χ1v) is 7.73. The Hall–Kier alpha value is -2.24. The van der Waals surface area contributed by atoms with Crippen LogP contribution in [0.25, 0.3) is 10.9 Å². The van der Waals surface area contributed by atoms with Crippen LogP contribution in [0.1, 0.15) is 42.5 Å². The molecule has 0 saturated heterocycles. The van der Waals surface area contributed by atoms with Crippen LogP contribution in [0, 0.1) is 11.6 Å². The minimum absolute atomic E-state index is 0.00308. The Morgan fingerprint density at radius 3 is 2.65 bits per heavy atom. The van der Waals surface area contributed by atoms with Crippen molar-refractivity contribution in [2.24, 2.45) is 0 Å². The summed E-state index contributed by atoms with van der Waals surface area (Å²) in [5.74, 6) is -2.44. The van der Waals surface area contributed by atoms with E-state index in [-0.39, 0.29) is 34.4 Å². The molecular formula is C17H15F2NO3. The molecule has 2 aliphatic rings. The van der Waals surface area contributed by atoms with Crippen molar-refractivity contribution in [3.8, 4) is 5.75 Å². The summed E-state index contributed by atoms with van der Waals surface area (Å²) in [6.45, 7) is 0.252. The van der Waals surface area contributed by atoms with Gasteiger partial charge in [-0.25, -0.2) is 4.39 Å². The Bertz CT molecular complexity index is 882. The SMILES string of the molecule is O=Cc1cn2c3c(c(F)c(F)cc3c1=O)OCCC21CCCC1. The molecule has 120 valence electrons. The van der Waals surface area contributed by atoms with E-state index in [0.717, 1.165) is 31.7 Å². The first-order chi connectivity index (χ1) is 11.1. The maximum atomic E-state index is 14.2. The van der Waals surface area contributed by atoms with Gasteiger partial charge in [0.05, 0.1) is 23.1 Å². The van der Waals surface area contributed by atoms with E-state index in [2.05, 4.69) is 0 Å². The van der Waals surface area contributed by atoms with E-state index in [4.69, 9.17) is 4.74 Å². The molecule has 2 heterocycles. The number of pyridine rings is 1. The Labute approximate surface area is 130 Å². The first-order valence-electron chi connectivity index (χ1n) is 7.73. The molecule has 2 aromatic rings. The van der Waals surface area contributed by atoms with Crippen molar-refractivity contribution in [1.29, 1.82) is 0 Å². The molecule has 1 spiro atoms. The second kappa shape index (κ2) is 4.88. The highest BCUT2D eigenvalue weighted by molar-refractivity contribution is 5.90. The van der Waals surface area contributed by atoms with E-state index < -0.39 is 17.1 Å². The van der Waals surface area contributed by atoms with E-state index in [1.165, 1.54) is 6.20 Å². The number of ether oxygens (including phenoxy) is 1. The van der Waals surface area contributed by atoms with Gasteiger partial charge in [0.1, 0.15) is 0 Å². The molecule has 4 rings (SSSR count). The summed E-state index contributed by atoms with van der Waals surface area (Å²) in [5.41, 5.74) is -0.675. The quantitative estimate of drug-likeness (QED) is 0.759. The topological polar surface area (TPSA) is 48.3 Å². The standard InChI is InChI=1S/C17H15F2NO3/c18-12-7-11-14-16(13(12)19)23-6-5-17(3-1-2-4-17)20(14)8-10(9-21)15(11)22/h7-9H,1-6H2. The lowest BCUT2D eigenvalue weighted by Gasteiger charge is -2.32. The molecular weight excluding hydrogens is 304 g/mol. The van der Waals surface area contributed by atoms with E-state index in [9.17, 15) is 18.4 Å². The lowest BCUT2D eigenvalue weighted by molar-refractivity contribution is 0.112. The van der Waals surface area contributed by atoms with Crippen LogP contribution < -0.4 is 10.2 Å². The molecule has 1 fully saturated rings. The fourth-order valence-corrected chi connectivity index (χ4v) is 4.00. The molecule has 1 aliphatic heterocycles. The van der Waals surface area contributed by atoms with Gasteiger partial charge in [-0.05, 0) is 18.9 Å². The predicted molar refractivity (Wildman–Crippen MR) is 80.1 cm³/mol. The van der Waals surface area contributed by atoms with Crippen molar-refractivity contribution >= 4 is 17.2 Å². The highest BCUT2D eigenvalue weighted by Crippen LogP contribution is 2.45. The number of rotatable bonds is 1. The molecule has 0 unspecified atom stereocenters. The van der Waals surface area contributed by atoms with Gasteiger partial charge in [0.2, 0.25) is 5.82 Å². The maximum Gasteiger partial charge on any atom is 0.202 e. The number of nitrogens with zero attached hydrogens (tertiary/aromatic N) is 1. The Morgan fingerprint density at radius 2 is 1.96 bits per heavy atom. The van der Waals surface area contributed by atoms with E-state index >= 15 is 0 Å². The van der Waals surface area contributed by atoms with Gasteiger partial charge in [-0.1, -0.05) is 12.8 Å². The summed E-state index contributed by atoms with van der Waals surface area (Å²) >= 11 is 0. The molecule has 0 bridgehead atoms. The summed E-state index contributed by atoms with van der Waals surface area (Å²) in [5, 5.41) is -0.00308. The summed E-state index contributed by atoms with van der Waals surface area (Å²) in [6, 6.07) is 0.872. The third-order valence-corrected chi connectivity index (χ3v) is 5.15. The zero-order valence-electron chi connectivity index (χ0n) is 12.4. The van der Waals surface area contributed by atoms with Gasteiger partial charge in [0.15, 0.2) is 23.3 Å². The molecule has 1 aromatic carbocycles. The minimum atomic E-state index is -1.14. The number of benzene rings is 1. The summed E-state index contributed by atoms with van der Waals surface area (Å²) in [6.07, 6.45) is 6.36. The van der Waals surface area contributed by atoms with Gasteiger partial charge < -0.3 is 9.30 Å². The number of hydrogen-bond acceptors (Lipinski definition) is 3. The zero-order valence-corrected chi connectivity index (χ0v) is 12.4. The molecule has 1 saturated carbocycles. The molecule has 4 nitrogen and oxygen atoms in total. The lowest BCUT2D eigenvalue weighted by atomic mass is 9.92. The van der Waals surface area contributed by atoms with Gasteiger partial charge in [-0.3, -0.25) is 9.59 Å². The van der Waals surface area contributed by atoms with Crippen molar-refractivity contribution in [1.82, 2.24) is 4.57 Å². The maximum absolute atomic E-state index is 14.2. The fourth-order valence-electron chi connectivity index (χ4n) is 4.00. The fraction of sp³-hybridized carbons (Fsp3) is 0.412. The largest absolute Gasteiger partial charge is 0.488 e. The molecule has 0 N–H and O–H groups in total. The minimum Gasteiger partial charge on any atom is -0.488 e. The summed E-state index contributed by atoms with van der Waals surface area (Å²) in [4.78, 5) is 23.7. The van der Waals surface area contributed by atoms with Crippen LogP contribution in [-0.4, -0.2) is 17.5 Å². The van der Waals surface area contributed by atoms with Crippen molar-refractivity contribution < 1.29 is 18.3 Å². The van der Waals surface area contributed by atoms with E-state index in [0.29, 0.717) is 12.7 Å². The van der Waals surface area contributed by atoms with E-state index in [1.807, 2.05) is 0 Å². The number of carbonyl (C=O) groups excluding carboxylic acids is 1. The van der Waals surface area contributed by atoms with Crippen molar-refractivity contribution in [3.63, 3.8) is 0 Å². The number of carbonyl (C=O) groups is 1. The number of fused-ring (bicyclic) bond motifs is 1. The molecule has 0 atom stereocenters. The molecule has 1 aliphatic carbocycles. The van der Waals surface area contributed by atoms with Crippen LogP contribution in [0.3, 0.4) is 0 Å². The monoisotopic (exact) mass is 319 g/mol. The number of halogens is 2. The van der Waals surface area contributed by atoms with Crippen LogP contribution in [0.15, 0.2) is 17.1 Å². The smallest absolute Gasteiger partial charge is 0.202 e. The number of hydrogen-bond donors (Lipinski definition) is 0. The zero-order chi connectivity index (χ0) is 16.2. The van der Waals surface area contributed by atoms with Crippen LogP contribution in [-0.2, 0) is 5.54 Å². The van der Waals surface area contributed by atoms with Crippen molar-refractivity contribution in [3.05, 3.63) is 39.7 Å². The number of aldehydes is 1. The molecule has 1 aromatic heterocycles. The third-order valence-electron chi connectivity index (χ3n) is 5.15. The second-order valence-electron chi connectivity index (χ2n) is 6.33. The molecule has 23 heavy (non-hydrogen) atoms. The van der Waals surface area contributed by atoms with Gasteiger partial charge in [0, 0.05) is 18.2 Å². The number of aromatic nitrogens is 1. The normalized spacial score (nSPS) is 18.9. The summed E-state index contributed by atoms with van der Waals surface area (Å²) < 4.78 is 35.4. The Balaban J connectivity index is 2.21. The summed E-state index contributed by atoms with van der Waals surface area (Å²) in [7, 11) is 0. The third kappa shape index (κ3) is 1.87. The Kier molecular flexibility index (Phi) is 3.04. The molecule has 0 amide bonds. The lowest BCUT2D eigenvalue weighted by Crippen LogP contribution is -2.32. The first kappa shape index (κ1) is 14.4. The van der Waals surface area contributed by atoms with Gasteiger partial charge in [-0.15, -0.1) is 0 Å². The average molecular weight is 319 g/mol. The van der Waals surface area contributed by atoms with Crippen LogP contribution in [0.4, 0.5) is 8.78 Å². The van der Waals surface area contributed by atoms with Gasteiger partial charge in [-0.2, -0.15) is 4.39 Å². The molecule has 0 radical (unpaired) electrons. The average Bonchev–Trinajstić information content (AvgIpc) is 2.95. The van der Waals surface area contributed by atoms with Gasteiger partial charge in [0.25, 0.3) is 0 Å². The Morgan fingerprint density at radius 1 is 1.22 bits per heavy atom. The second-order valence-corrected chi connectivity index (χ2v) is 6.33. The van der Waals surface area contributed by atoms with Crippen molar-refractivity contribution in [2.45, 2.75) is 37.6 Å². The van der Waals surface area contributed by atoms with Crippen LogP contribution in [0.2, 0.25) is 0 Å².